The lowest BCUT2D eigenvalue weighted by Crippen LogP contribution is -2.48. The molecule has 1 saturated heterocycles. The van der Waals surface area contributed by atoms with Crippen LogP contribution >= 0.6 is 0 Å². The lowest BCUT2D eigenvalue weighted by Gasteiger charge is -2.34. The normalized spacial score (nSPS) is 21.0. The second-order valence-electron chi connectivity index (χ2n) is 7.17. The number of piperazine rings is 1. The molecule has 24 heavy (non-hydrogen) atoms. The number of rotatable bonds is 4. The Balaban J connectivity index is 1.50. The third kappa shape index (κ3) is 4.08. The quantitative estimate of drug-likeness (QED) is 0.671. The van der Waals surface area contributed by atoms with Crippen molar-refractivity contribution in [2.45, 2.75) is 13.3 Å². The summed E-state index contributed by atoms with van der Waals surface area (Å²) in [6.07, 6.45) is 1.10. The van der Waals surface area contributed by atoms with Crippen molar-refractivity contribution in [3.63, 3.8) is 0 Å². The highest BCUT2D eigenvalue weighted by Crippen LogP contribution is 2.27. The molecule has 3 rings (SSSR count). The van der Waals surface area contributed by atoms with Crippen molar-refractivity contribution in [1.29, 1.82) is 0 Å². The lowest BCUT2D eigenvalue weighted by atomic mass is 10.1. The maximum atomic E-state index is 4.51. The number of guanidine groups is 1. The molecule has 1 atom stereocenters. The Labute approximate surface area is 146 Å². The first-order valence-electron chi connectivity index (χ1n) is 9.14. The Kier molecular flexibility index (Phi) is 5.74. The van der Waals surface area contributed by atoms with Crippen LogP contribution in [-0.4, -0.2) is 75.7 Å². The molecule has 0 aliphatic carbocycles. The van der Waals surface area contributed by atoms with Crippen LogP contribution in [0.3, 0.4) is 0 Å². The van der Waals surface area contributed by atoms with E-state index < -0.39 is 0 Å². The molecule has 0 spiro atoms. The van der Waals surface area contributed by atoms with Gasteiger partial charge in [0.05, 0.1) is 0 Å². The van der Waals surface area contributed by atoms with Crippen molar-refractivity contribution < 1.29 is 0 Å². The van der Waals surface area contributed by atoms with Gasteiger partial charge in [-0.2, -0.15) is 0 Å². The van der Waals surface area contributed by atoms with E-state index in [9.17, 15) is 0 Å². The zero-order valence-electron chi connectivity index (χ0n) is 15.3. The zero-order chi connectivity index (χ0) is 16.9. The second-order valence-corrected chi connectivity index (χ2v) is 7.17. The number of para-hydroxylation sites is 1. The number of nitrogens with one attached hydrogen (secondary N) is 1. The maximum Gasteiger partial charge on any atom is 0.198 e. The number of hydrogen-bond donors (Lipinski definition) is 1. The summed E-state index contributed by atoms with van der Waals surface area (Å²) in [5.74, 6) is 1.62. The zero-order valence-corrected chi connectivity index (χ0v) is 15.3. The van der Waals surface area contributed by atoms with Gasteiger partial charge < -0.3 is 20.0 Å². The van der Waals surface area contributed by atoms with Gasteiger partial charge in [-0.3, -0.25) is 4.99 Å². The van der Waals surface area contributed by atoms with Crippen LogP contribution in [0.4, 0.5) is 5.69 Å². The van der Waals surface area contributed by atoms with Crippen LogP contribution in [-0.2, 0) is 6.42 Å². The molecule has 0 aromatic heterocycles. The van der Waals surface area contributed by atoms with Gasteiger partial charge >= 0.3 is 0 Å². The molecule has 2 heterocycles. The number of anilines is 1. The number of hydrogen-bond acceptors (Lipinski definition) is 3. The minimum atomic E-state index is 0.614. The van der Waals surface area contributed by atoms with E-state index in [-0.39, 0.29) is 0 Å². The molecular weight excluding hydrogens is 298 g/mol. The molecule has 1 aromatic carbocycles. The highest BCUT2D eigenvalue weighted by Gasteiger charge is 2.23. The first-order valence-corrected chi connectivity index (χ1v) is 9.14. The van der Waals surface area contributed by atoms with E-state index >= 15 is 0 Å². The Morgan fingerprint density at radius 3 is 2.67 bits per heavy atom. The number of likely N-dealkylation sites (N-methyl/N-ethyl adjacent to an activating group) is 1. The van der Waals surface area contributed by atoms with E-state index in [4.69, 9.17) is 0 Å². The molecule has 1 fully saturated rings. The third-order valence-electron chi connectivity index (χ3n) is 5.13. The molecule has 5 heteroatoms. The average Bonchev–Trinajstić information content (AvgIpc) is 3.02. The van der Waals surface area contributed by atoms with Gasteiger partial charge in [0.2, 0.25) is 0 Å². The summed E-state index contributed by atoms with van der Waals surface area (Å²) in [4.78, 5) is 11.8. The van der Waals surface area contributed by atoms with Gasteiger partial charge in [0, 0.05) is 58.5 Å². The fraction of sp³-hybridized carbons (Fsp3) is 0.632. The van der Waals surface area contributed by atoms with E-state index in [0.717, 1.165) is 32.0 Å². The number of benzene rings is 1. The van der Waals surface area contributed by atoms with Gasteiger partial charge in [-0.25, -0.2) is 0 Å². The van der Waals surface area contributed by atoms with Gasteiger partial charge in [-0.05, 0) is 31.0 Å². The number of nitrogens with zero attached hydrogens (tertiary/aromatic N) is 4. The van der Waals surface area contributed by atoms with Crippen molar-refractivity contribution in [1.82, 2.24) is 15.1 Å². The summed E-state index contributed by atoms with van der Waals surface area (Å²) in [5, 5.41) is 3.59. The Hall–Kier alpha value is -1.59. The predicted octanol–water partition coefficient (Wildman–Crippen LogP) is 1.51. The van der Waals surface area contributed by atoms with E-state index in [2.05, 4.69) is 63.2 Å². The molecule has 0 amide bonds. The van der Waals surface area contributed by atoms with Crippen LogP contribution in [0.25, 0.3) is 0 Å². The lowest BCUT2D eigenvalue weighted by molar-refractivity contribution is 0.139. The topological polar surface area (TPSA) is 34.1 Å². The summed E-state index contributed by atoms with van der Waals surface area (Å²) in [5.41, 5.74) is 2.73. The van der Waals surface area contributed by atoms with Crippen LogP contribution in [0.15, 0.2) is 29.3 Å². The van der Waals surface area contributed by atoms with Crippen molar-refractivity contribution in [2.24, 2.45) is 10.9 Å². The molecule has 0 saturated carbocycles. The smallest absolute Gasteiger partial charge is 0.198 e. The molecule has 1 aromatic rings. The molecular formula is C19H31N5. The average molecular weight is 329 g/mol. The molecule has 0 radical (unpaired) electrons. The van der Waals surface area contributed by atoms with Crippen LogP contribution in [0.5, 0.6) is 0 Å². The van der Waals surface area contributed by atoms with Crippen LogP contribution in [0, 0.1) is 5.92 Å². The minimum Gasteiger partial charge on any atom is -0.356 e. The molecule has 2 aliphatic heterocycles. The van der Waals surface area contributed by atoms with E-state index in [1.807, 2.05) is 7.05 Å². The van der Waals surface area contributed by atoms with Gasteiger partial charge in [-0.15, -0.1) is 0 Å². The van der Waals surface area contributed by atoms with E-state index in [1.54, 1.807) is 0 Å². The standard InChI is InChI=1S/C19H31N5/c1-16(15-23-12-10-22(3)11-13-23)14-21-19(20-2)24-9-8-17-6-4-5-7-18(17)24/h4-7,16H,8-15H2,1-3H3,(H,20,21). The van der Waals surface area contributed by atoms with Gasteiger partial charge in [0.25, 0.3) is 0 Å². The van der Waals surface area contributed by atoms with E-state index in [1.165, 1.54) is 37.4 Å². The van der Waals surface area contributed by atoms with Crippen molar-refractivity contribution in [3.05, 3.63) is 29.8 Å². The largest absolute Gasteiger partial charge is 0.356 e. The SMILES string of the molecule is CN=C(NCC(C)CN1CCN(C)CC1)N1CCc2ccccc21. The van der Waals surface area contributed by atoms with Crippen molar-refractivity contribution in [3.8, 4) is 0 Å². The van der Waals surface area contributed by atoms with Gasteiger partial charge in [0.15, 0.2) is 5.96 Å². The molecule has 1 unspecified atom stereocenters. The van der Waals surface area contributed by atoms with E-state index in [0.29, 0.717) is 5.92 Å². The summed E-state index contributed by atoms with van der Waals surface area (Å²) in [6, 6.07) is 8.65. The van der Waals surface area contributed by atoms with Crippen LogP contribution in [0.1, 0.15) is 12.5 Å². The van der Waals surface area contributed by atoms with Gasteiger partial charge in [0.1, 0.15) is 0 Å². The Morgan fingerprint density at radius 2 is 1.92 bits per heavy atom. The molecule has 5 nitrogen and oxygen atoms in total. The fourth-order valence-electron chi connectivity index (χ4n) is 3.65. The Morgan fingerprint density at radius 1 is 1.17 bits per heavy atom. The highest BCUT2D eigenvalue weighted by atomic mass is 15.3. The van der Waals surface area contributed by atoms with Gasteiger partial charge in [-0.1, -0.05) is 25.1 Å². The second kappa shape index (κ2) is 7.99. The van der Waals surface area contributed by atoms with Crippen LogP contribution < -0.4 is 10.2 Å². The van der Waals surface area contributed by atoms with Crippen LogP contribution in [0.2, 0.25) is 0 Å². The number of aliphatic imine (C=N–C) groups is 1. The fourth-order valence-corrected chi connectivity index (χ4v) is 3.65. The first-order chi connectivity index (χ1) is 11.7. The summed E-state index contributed by atoms with van der Waals surface area (Å²) >= 11 is 0. The maximum absolute atomic E-state index is 4.51. The molecule has 2 aliphatic rings. The molecule has 1 N–H and O–H groups in total. The number of fused-ring (bicyclic) bond motifs is 1. The monoisotopic (exact) mass is 329 g/mol. The Bertz CT molecular complexity index is 563. The first kappa shape index (κ1) is 17.2. The summed E-state index contributed by atoms with van der Waals surface area (Å²) < 4.78 is 0. The molecule has 132 valence electrons. The third-order valence-corrected chi connectivity index (χ3v) is 5.13. The minimum absolute atomic E-state index is 0.614. The van der Waals surface area contributed by atoms with Crippen molar-refractivity contribution in [2.75, 3.05) is 64.8 Å². The summed E-state index contributed by atoms with van der Waals surface area (Å²) in [6.45, 7) is 10.2. The molecule has 0 bridgehead atoms. The van der Waals surface area contributed by atoms with Crippen molar-refractivity contribution >= 4 is 11.6 Å². The highest BCUT2D eigenvalue weighted by molar-refractivity contribution is 5.97. The summed E-state index contributed by atoms with van der Waals surface area (Å²) in [7, 11) is 4.09. The predicted molar refractivity (Wildman–Crippen MR) is 102 cm³/mol.